The van der Waals surface area contributed by atoms with Gasteiger partial charge in [0.15, 0.2) is 0 Å². The lowest BCUT2D eigenvalue weighted by Gasteiger charge is -2.24. The van der Waals surface area contributed by atoms with E-state index in [-0.39, 0.29) is 24.9 Å². The van der Waals surface area contributed by atoms with Crippen molar-refractivity contribution in [1.29, 1.82) is 0 Å². The van der Waals surface area contributed by atoms with Gasteiger partial charge in [-0.2, -0.15) is 0 Å². The third-order valence-electron chi connectivity index (χ3n) is 12.7. The van der Waals surface area contributed by atoms with Crippen LogP contribution in [0.2, 0.25) is 0 Å². The van der Waals surface area contributed by atoms with E-state index in [1.807, 2.05) is 0 Å². The third kappa shape index (κ3) is 46.4. The van der Waals surface area contributed by atoms with Crippen molar-refractivity contribution in [2.24, 2.45) is 0 Å². The van der Waals surface area contributed by atoms with Crippen molar-refractivity contribution in [3.8, 4) is 0 Å². The second kappa shape index (κ2) is 51.8. The number of hydrogen-bond acceptors (Lipinski definition) is 5. The van der Waals surface area contributed by atoms with E-state index in [0.717, 1.165) is 83.5 Å². The molecule has 0 fully saturated rings. The van der Waals surface area contributed by atoms with Crippen LogP contribution in [0, 0.1) is 0 Å². The van der Waals surface area contributed by atoms with Crippen molar-refractivity contribution >= 4 is 11.9 Å². The average molecular weight is 898 g/mol. The molecule has 3 atom stereocenters. The van der Waals surface area contributed by atoms with Gasteiger partial charge in [0, 0.05) is 6.42 Å². The lowest BCUT2D eigenvalue weighted by molar-refractivity contribution is -0.151. The van der Waals surface area contributed by atoms with Crippen molar-refractivity contribution < 1.29 is 24.5 Å². The maximum atomic E-state index is 13.2. The minimum absolute atomic E-state index is 0.0625. The van der Waals surface area contributed by atoms with Crippen LogP contribution in [0.15, 0.2) is 48.6 Å². The van der Waals surface area contributed by atoms with Gasteiger partial charge in [-0.05, 0) is 83.5 Å². The fourth-order valence-electron chi connectivity index (χ4n) is 8.39. The monoisotopic (exact) mass is 898 g/mol. The van der Waals surface area contributed by atoms with Gasteiger partial charge in [-0.3, -0.25) is 9.59 Å². The van der Waals surface area contributed by atoms with Crippen LogP contribution in [0.4, 0.5) is 0 Å². The molecule has 0 aliphatic rings. The first-order valence-electron chi connectivity index (χ1n) is 27.9. The number of ether oxygens (including phenoxy) is 1. The minimum atomic E-state index is -0.794. The van der Waals surface area contributed by atoms with E-state index in [0.29, 0.717) is 19.3 Å². The van der Waals surface area contributed by atoms with Crippen LogP contribution < -0.4 is 5.32 Å². The SMILES string of the molecule is CCCCC/C=C\C/C=C\CCCCCCCCCC(CC(=O)NC(CO)C(O)CCCCCCCCCCCCCC)OC(=O)CCCCC/C=C/C=C/CCCCCCCCC. The predicted octanol–water partition coefficient (Wildman–Crippen LogP) is 17.0. The number of carbonyl (C=O) groups is 2. The van der Waals surface area contributed by atoms with Crippen molar-refractivity contribution in [2.45, 2.75) is 302 Å². The third-order valence-corrected chi connectivity index (χ3v) is 12.7. The van der Waals surface area contributed by atoms with Gasteiger partial charge < -0.3 is 20.3 Å². The Hall–Kier alpha value is -2.18. The van der Waals surface area contributed by atoms with Crippen LogP contribution in [-0.2, 0) is 14.3 Å². The Kier molecular flexibility index (Phi) is 50.0. The summed E-state index contributed by atoms with van der Waals surface area (Å²) in [5.41, 5.74) is 0. The van der Waals surface area contributed by atoms with Crippen LogP contribution in [-0.4, -0.2) is 46.9 Å². The zero-order valence-electron chi connectivity index (χ0n) is 42.7. The number of aliphatic hydroxyl groups is 2. The fourth-order valence-corrected chi connectivity index (χ4v) is 8.39. The molecule has 0 aliphatic carbocycles. The zero-order chi connectivity index (χ0) is 46.7. The molecule has 0 aromatic rings. The van der Waals surface area contributed by atoms with E-state index in [1.54, 1.807) is 0 Å². The highest BCUT2D eigenvalue weighted by Crippen LogP contribution is 2.18. The van der Waals surface area contributed by atoms with Gasteiger partial charge in [0.25, 0.3) is 0 Å². The highest BCUT2D eigenvalue weighted by atomic mass is 16.5. The summed E-state index contributed by atoms with van der Waals surface area (Å²) in [6.07, 6.45) is 63.1. The Morgan fingerprint density at radius 1 is 0.469 bits per heavy atom. The Morgan fingerprint density at radius 2 is 0.844 bits per heavy atom. The van der Waals surface area contributed by atoms with Crippen molar-refractivity contribution in [2.75, 3.05) is 6.61 Å². The Labute approximate surface area is 397 Å². The summed E-state index contributed by atoms with van der Waals surface area (Å²) >= 11 is 0. The van der Waals surface area contributed by atoms with E-state index in [4.69, 9.17) is 4.74 Å². The number of allylic oxidation sites excluding steroid dienone is 8. The fraction of sp³-hybridized carbons (Fsp3) is 0.828. The number of carbonyl (C=O) groups excluding carboxylic acids is 2. The topological polar surface area (TPSA) is 95.9 Å². The summed E-state index contributed by atoms with van der Waals surface area (Å²) in [4.78, 5) is 26.2. The number of amides is 1. The Morgan fingerprint density at radius 3 is 1.31 bits per heavy atom. The maximum Gasteiger partial charge on any atom is 0.306 e. The zero-order valence-corrected chi connectivity index (χ0v) is 42.7. The summed E-state index contributed by atoms with van der Waals surface area (Å²) in [5.74, 6) is -0.504. The number of nitrogens with one attached hydrogen (secondary N) is 1. The largest absolute Gasteiger partial charge is 0.462 e. The van der Waals surface area contributed by atoms with Crippen LogP contribution in [0.1, 0.15) is 284 Å². The van der Waals surface area contributed by atoms with E-state index >= 15 is 0 Å². The smallest absolute Gasteiger partial charge is 0.306 e. The molecule has 0 heterocycles. The molecule has 6 heteroatoms. The quantitative estimate of drug-likeness (QED) is 0.0245. The highest BCUT2D eigenvalue weighted by Gasteiger charge is 2.24. The molecule has 3 N–H and O–H groups in total. The first kappa shape index (κ1) is 61.8. The molecule has 0 bridgehead atoms. The van der Waals surface area contributed by atoms with Crippen molar-refractivity contribution in [1.82, 2.24) is 5.32 Å². The van der Waals surface area contributed by atoms with Crippen molar-refractivity contribution in [3.05, 3.63) is 48.6 Å². The van der Waals surface area contributed by atoms with Gasteiger partial charge in [0.05, 0.1) is 25.2 Å². The molecule has 0 spiro atoms. The van der Waals surface area contributed by atoms with Gasteiger partial charge in [0.1, 0.15) is 6.10 Å². The van der Waals surface area contributed by atoms with Gasteiger partial charge in [-0.15, -0.1) is 0 Å². The summed E-state index contributed by atoms with van der Waals surface area (Å²) in [7, 11) is 0. The number of rotatable bonds is 50. The van der Waals surface area contributed by atoms with E-state index in [2.05, 4.69) is 74.7 Å². The Bertz CT molecular complexity index is 1100. The molecule has 0 aromatic heterocycles. The summed E-state index contributed by atoms with van der Waals surface area (Å²) < 4.78 is 5.94. The van der Waals surface area contributed by atoms with Crippen LogP contribution >= 0.6 is 0 Å². The van der Waals surface area contributed by atoms with Crippen LogP contribution in [0.3, 0.4) is 0 Å². The maximum absolute atomic E-state index is 13.2. The summed E-state index contributed by atoms with van der Waals surface area (Å²) in [6, 6.07) is -0.709. The molecule has 1 amide bonds. The van der Waals surface area contributed by atoms with Crippen molar-refractivity contribution in [3.63, 3.8) is 0 Å². The number of unbranched alkanes of at least 4 members (excludes halogenated alkanes) is 31. The van der Waals surface area contributed by atoms with E-state index in [9.17, 15) is 19.8 Å². The van der Waals surface area contributed by atoms with E-state index < -0.39 is 18.2 Å². The molecule has 3 unspecified atom stereocenters. The molecule has 0 aromatic carbocycles. The van der Waals surface area contributed by atoms with E-state index in [1.165, 1.54) is 154 Å². The second-order valence-electron chi connectivity index (χ2n) is 19.0. The first-order chi connectivity index (χ1) is 31.5. The molecule has 0 aliphatic heterocycles. The molecule has 0 saturated carbocycles. The summed E-state index contributed by atoms with van der Waals surface area (Å²) in [5, 5.41) is 23.8. The highest BCUT2D eigenvalue weighted by molar-refractivity contribution is 5.77. The number of esters is 1. The second-order valence-corrected chi connectivity index (χ2v) is 19.0. The number of hydrogen-bond donors (Lipinski definition) is 3. The molecular formula is C58H107NO5. The molecule has 0 rings (SSSR count). The van der Waals surface area contributed by atoms with Crippen LogP contribution in [0.25, 0.3) is 0 Å². The lowest BCUT2D eigenvalue weighted by atomic mass is 10.0. The molecule has 6 nitrogen and oxygen atoms in total. The lowest BCUT2D eigenvalue weighted by Crippen LogP contribution is -2.46. The normalized spacial score (nSPS) is 13.5. The van der Waals surface area contributed by atoms with Gasteiger partial charge in [-0.25, -0.2) is 0 Å². The van der Waals surface area contributed by atoms with Gasteiger partial charge in [-0.1, -0.05) is 236 Å². The molecule has 374 valence electrons. The minimum Gasteiger partial charge on any atom is -0.462 e. The molecule has 64 heavy (non-hydrogen) atoms. The average Bonchev–Trinajstić information content (AvgIpc) is 3.29. The molecular weight excluding hydrogens is 791 g/mol. The summed E-state index contributed by atoms with van der Waals surface area (Å²) in [6.45, 7) is 6.46. The predicted molar refractivity (Wildman–Crippen MR) is 278 cm³/mol. The van der Waals surface area contributed by atoms with Crippen LogP contribution in [0.5, 0.6) is 0 Å². The van der Waals surface area contributed by atoms with Gasteiger partial charge >= 0.3 is 5.97 Å². The molecule has 0 radical (unpaired) electrons. The number of aliphatic hydroxyl groups excluding tert-OH is 2. The Balaban J connectivity index is 4.63. The van der Waals surface area contributed by atoms with Gasteiger partial charge in [0.2, 0.25) is 5.91 Å². The first-order valence-corrected chi connectivity index (χ1v) is 27.9. The standard InChI is InChI=1S/C58H107NO5/c1-4-7-10-13-16-19-22-25-27-29-30-32-34-37-40-43-46-49-54(64-58(63)51-48-45-42-39-36-33-31-28-26-23-20-17-14-11-8-5-2)52-57(62)59-55(53-60)56(61)50-47-44-41-38-35-24-21-18-15-12-9-6-3/h16,19,25,27-28,31,33,36,54-56,60-61H,4-15,17-18,20-24,26,29-30,32,34-35,37-53H2,1-3H3,(H,59,62)/b19-16-,27-25-,31-28+,36-33+. The molecule has 0 saturated heterocycles.